The summed E-state index contributed by atoms with van der Waals surface area (Å²) in [5.41, 5.74) is 7.45. The summed E-state index contributed by atoms with van der Waals surface area (Å²) in [4.78, 5) is 15.2. The summed E-state index contributed by atoms with van der Waals surface area (Å²) in [5.74, 6) is -0.849. The van der Waals surface area contributed by atoms with Crippen LogP contribution in [0.5, 0.6) is 0 Å². The van der Waals surface area contributed by atoms with Gasteiger partial charge in [0.15, 0.2) is 0 Å². The van der Waals surface area contributed by atoms with Crippen LogP contribution in [0.15, 0.2) is 65.9 Å². The van der Waals surface area contributed by atoms with E-state index in [1.54, 1.807) is 6.20 Å². The Kier molecular flexibility index (Phi) is 6.39. The van der Waals surface area contributed by atoms with Crippen LogP contribution in [0.1, 0.15) is 34.4 Å². The molecule has 2 aromatic carbocycles. The Balaban J connectivity index is 1.82. The van der Waals surface area contributed by atoms with E-state index < -0.39 is 5.97 Å². The molecule has 1 heterocycles. The minimum Gasteiger partial charge on any atom is -0.481 e. The average molecular weight is 388 g/mol. The first-order chi connectivity index (χ1) is 14.0. The summed E-state index contributed by atoms with van der Waals surface area (Å²) >= 11 is 0. The summed E-state index contributed by atoms with van der Waals surface area (Å²) in [5, 5.41) is 22.2. The van der Waals surface area contributed by atoms with E-state index in [9.17, 15) is 10.0 Å². The zero-order valence-electron chi connectivity index (χ0n) is 16.6. The molecule has 0 saturated heterocycles. The SMILES string of the molecule is Cc1cc(-c2cccc(/C(CCc3cccc(CC(=O)O)c3)=N/O)c2C)ccn1. The smallest absolute Gasteiger partial charge is 0.307 e. The molecule has 5 nitrogen and oxygen atoms in total. The van der Waals surface area contributed by atoms with Gasteiger partial charge in [-0.2, -0.15) is 0 Å². The molecule has 0 aliphatic rings. The summed E-state index contributed by atoms with van der Waals surface area (Å²) in [6.07, 6.45) is 3.00. The third-order valence-electron chi connectivity index (χ3n) is 4.97. The van der Waals surface area contributed by atoms with E-state index >= 15 is 0 Å². The van der Waals surface area contributed by atoms with Crippen molar-refractivity contribution in [3.8, 4) is 11.1 Å². The van der Waals surface area contributed by atoms with Gasteiger partial charge in [-0.3, -0.25) is 9.78 Å². The van der Waals surface area contributed by atoms with Crippen LogP contribution in [0, 0.1) is 13.8 Å². The number of carbonyl (C=O) groups is 1. The molecule has 5 heteroatoms. The average Bonchev–Trinajstić information content (AvgIpc) is 2.69. The van der Waals surface area contributed by atoms with Gasteiger partial charge in [0.1, 0.15) is 0 Å². The van der Waals surface area contributed by atoms with E-state index in [0.29, 0.717) is 18.6 Å². The Hall–Kier alpha value is -3.47. The second-order valence-electron chi connectivity index (χ2n) is 7.10. The van der Waals surface area contributed by atoms with Crippen LogP contribution in [0.2, 0.25) is 0 Å². The van der Waals surface area contributed by atoms with Gasteiger partial charge >= 0.3 is 5.97 Å². The number of carboxylic acids is 1. The Morgan fingerprint density at radius 1 is 1.03 bits per heavy atom. The van der Waals surface area contributed by atoms with Gasteiger partial charge in [-0.25, -0.2) is 0 Å². The first-order valence-electron chi connectivity index (χ1n) is 9.51. The number of aliphatic carboxylic acids is 1. The number of pyridine rings is 1. The fourth-order valence-electron chi connectivity index (χ4n) is 3.55. The van der Waals surface area contributed by atoms with Crippen LogP contribution in [0.4, 0.5) is 0 Å². The van der Waals surface area contributed by atoms with E-state index in [2.05, 4.69) is 16.2 Å². The van der Waals surface area contributed by atoms with Gasteiger partial charge in [0.25, 0.3) is 0 Å². The first-order valence-corrected chi connectivity index (χ1v) is 9.51. The quantitative estimate of drug-likeness (QED) is 0.346. The number of carboxylic acid groups (broad SMARTS) is 1. The molecule has 3 rings (SSSR count). The normalized spacial score (nSPS) is 11.4. The topological polar surface area (TPSA) is 82.8 Å². The van der Waals surface area contributed by atoms with Crippen LogP contribution in [-0.2, 0) is 17.6 Å². The molecule has 0 unspecified atom stereocenters. The number of rotatable bonds is 7. The highest BCUT2D eigenvalue weighted by Crippen LogP contribution is 2.27. The molecule has 148 valence electrons. The predicted molar refractivity (Wildman–Crippen MR) is 114 cm³/mol. The number of hydrogen-bond donors (Lipinski definition) is 2. The van der Waals surface area contributed by atoms with E-state index in [1.807, 2.05) is 62.4 Å². The number of oxime groups is 1. The lowest BCUT2D eigenvalue weighted by atomic mass is 9.92. The molecule has 0 saturated carbocycles. The highest BCUT2D eigenvalue weighted by molar-refractivity contribution is 6.02. The summed E-state index contributed by atoms with van der Waals surface area (Å²) in [6.45, 7) is 3.99. The van der Waals surface area contributed by atoms with Crippen molar-refractivity contribution in [1.82, 2.24) is 4.98 Å². The van der Waals surface area contributed by atoms with Crippen molar-refractivity contribution in [2.45, 2.75) is 33.1 Å². The zero-order chi connectivity index (χ0) is 20.8. The fraction of sp³-hybridized carbons (Fsp3) is 0.208. The molecular formula is C24H24N2O3. The minimum absolute atomic E-state index is 0.00128. The van der Waals surface area contributed by atoms with Gasteiger partial charge < -0.3 is 10.3 Å². The van der Waals surface area contributed by atoms with Crippen molar-refractivity contribution in [2.75, 3.05) is 0 Å². The molecule has 0 aliphatic heterocycles. The number of aryl methyl sites for hydroxylation is 2. The van der Waals surface area contributed by atoms with E-state index in [-0.39, 0.29) is 6.42 Å². The van der Waals surface area contributed by atoms with Gasteiger partial charge in [0.2, 0.25) is 0 Å². The molecule has 0 atom stereocenters. The van der Waals surface area contributed by atoms with Crippen molar-refractivity contribution in [1.29, 1.82) is 0 Å². The summed E-state index contributed by atoms with van der Waals surface area (Å²) in [7, 11) is 0. The van der Waals surface area contributed by atoms with Crippen molar-refractivity contribution < 1.29 is 15.1 Å². The lowest BCUT2D eigenvalue weighted by Crippen LogP contribution is -2.07. The molecule has 1 aromatic heterocycles. The van der Waals surface area contributed by atoms with Crippen molar-refractivity contribution in [3.63, 3.8) is 0 Å². The molecule has 2 N–H and O–H groups in total. The van der Waals surface area contributed by atoms with Gasteiger partial charge in [-0.05, 0) is 66.6 Å². The van der Waals surface area contributed by atoms with E-state index in [1.165, 1.54) is 0 Å². The molecule has 0 radical (unpaired) electrons. The zero-order valence-corrected chi connectivity index (χ0v) is 16.6. The third-order valence-corrected chi connectivity index (χ3v) is 4.97. The Labute approximate surface area is 170 Å². The maximum absolute atomic E-state index is 10.9. The molecule has 0 amide bonds. The molecular weight excluding hydrogens is 364 g/mol. The van der Waals surface area contributed by atoms with Crippen molar-refractivity contribution >= 4 is 11.7 Å². The first kappa shape index (κ1) is 20.3. The minimum atomic E-state index is -0.849. The van der Waals surface area contributed by atoms with Crippen LogP contribution in [0.25, 0.3) is 11.1 Å². The molecule has 0 spiro atoms. The molecule has 3 aromatic rings. The Morgan fingerprint density at radius 2 is 1.79 bits per heavy atom. The van der Waals surface area contributed by atoms with Gasteiger partial charge in [0.05, 0.1) is 12.1 Å². The fourth-order valence-corrected chi connectivity index (χ4v) is 3.55. The van der Waals surface area contributed by atoms with Gasteiger partial charge in [-0.15, -0.1) is 0 Å². The van der Waals surface area contributed by atoms with Crippen molar-refractivity contribution in [3.05, 3.63) is 88.7 Å². The van der Waals surface area contributed by atoms with E-state index in [4.69, 9.17) is 5.11 Å². The largest absolute Gasteiger partial charge is 0.481 e. The summed E-state index contributed by atoms with van der Waals surface area (Å²) < 4.78 is 0. The maximum atomic E-state index is 10.9. The number of aromatic nitrogens is 1. The van der Waals surface area contributed by atoms with E-state index in [0.717, 1.165) is 39.1 Å². The summed E-state index contributed by atoms with van der Waals surface area (Å²) in [6, 6.07) is 17.5. The van der Waals surface area contributed by atoms with Crippen LogP contribution < -0.4 is 0 Å². The van der Waals surface area contributed by atoms with Crippen LogP contribution >= 0.6 is 0 Å². The van der Waals surface area contributed by atoms with Gasteiger partial charge in [-0.1, -0.05) is 47.6 Å². The number of hydrogen-bond acceptors (Lipinski definition) is 4. The monoisotopic (exact) mass is 388 g/mol. The molecule has 0 fully saturated rings. The Bertz CT molecular complexity index is 1060. The Morgan fingerprint density at radius 3 is 2.52 bits per heavy atom. The maximum Gasteiger partial charge on any atom is 0.307 e. The molecule has 29 heavy (non-hydrogen) atoms. The number of nitrogens with zero attached hydrogens (tertiary/aromatic N) is 2. The van der Waals surface area contributed by atoms with Crippen molar-refractivity contribution in [2.24, 2.45) is 5.16 Å². The number of benzene rings is 2. The second-order valence-corrected chi connectivity index (χ2v) is 7.10. The molecule has 0 aliphatic carbocycles. The second kappa shape index (κ2) is 9.15. The van der Waals surface area contributed by atoms with Gasteiger partial charge in [0, 0.05) is 17.5 Å². The standard InChI is InChI=1S/C24H24N2O3/c1-16-13-20(11-12-25-16)21-7-4-8-22(17(21)2)23(26-29)10-9-18-5-3-6-19(14-18)15-24(27)28/h3-8,11-14,29H,9-10,15H2,1-2H3,(H,27,28)/b26-23+. The molecule has 0 bridgehead atoms. The lowest BCUT2D eigenvalue weighted by molar-refractivity contribution is -0.136. The lowest BCUT2D eigenvalue weighted by Gasteiger charge is -2.13. The highest BCUT2D eigenvalue weighted by atomic mass is 16.4. The van der Waals surface area contributed by atoms with Crippen LogP contribution in [0.3, 0.4) is 0 Å². The predicted octanol–water partition coefficient (Wildman–Crippen LogP) is 4.80. The van der Waals surface area contributed by atoms with Crippen LogP contribution in [-0.4, -0.2) is 27.0 Å². The third kappa shape index (κ3) is 5.08. The highest BCUT2D eigenvalue weighted by Gasteiger charge is 2.13.